The average Bonchev–Trinajstić information content (AvgIpc) is 2.47. The summed E-state index contributed by atoms with van der Waals surface area (Å²) in [6.07, 6.45) is -2.46. The van der Waals surface area contributed by atoms with E-state index in [4.69, 9.17) is 0 Å². The van der Waals surface area contributed by atoms with E-state index in [0.29, 0.717) is 5.56 Å². The van der Waals surface area contributed by atoms with Crippen molar-refractivity contribution in [3.8, 4) is 11.1 Å². The highest BCUT2D eigenvalue weighted by Crippen LogP contribution is 2.29. The quantitative estimate of drug-likeness (QED) is 0.875. The molecule has 0 heterocycles. The normalized spacial score (nSPS) is 14.4. The van der Waals surface area contributed by atoms with Crippen LogP contribution in [0.15, 0.2) is 54.6 Å². The highest BCUT2D eigenvalue weighted by atomic mass is 19.3. The minimum absolute atomic E-state index is 0.588. The van der Waals surface area contributed by atoms with E-state index in [1.807, 2.05) is 42.5 Å². The summed E-state index contributed by atoms with van der Waals surface area (Å²) >= 11 is 0. The Morgan fingerprint density at radius 2 is 1.42 bits per heavy atom. The largest absolute Gasteiger partial charge is 0.306 e. The molecule has 0 radical (unpaired) electrons. The Labute approximate surface area is 112 Å². The number of alkyl halides is 2. The Morgan fingerprint density at radius 1 is 0.895 bits per heavy atom. The van der Waals surface area contributed by atoms with Gasteiger partial charge in [-0.2, -0.15) is 0 Å². The van der Waals surface area contributed by atoms with E-state index in [2.05, 4.69) is 5.32 Å². The van der Waals surface area contributed by atoms with Gasteiger partial charge in [0.15, 0.2) is 0 Å². The number of nitrogens with one attached hydrogen (secondary N) is 1. The molecule has 1 nitrogen and oxygen atoms in total. The summed E-state index contributed by atoms with van der Waals surface area (Å²) in [4.78, 5) is 0. The van der Waals surface area contributed by atoms with Crippen molar-refractivity contribution in [2.24, 2.45) is 0 Å². The van der Waals surface area contributed by atoms with Gasteiger partial charge >= 0.3 is 0 Å². The molecule has 0 spiro atoms. The maximum absolute atomic E-state index is 13.1. The van der Waals surface area contributed by atoms with Crippen LogP contribution in [-0.4, -0.2) is 13.5 Å². The summed E-state index contributed by atoms with van der Waals surface area (Å²) in [7, 11) is 1.55. The van der Waals surface area contributed by atoms with E-state index in [1.165, 1.54) is 6.92 Å². The van der Waals surface area contributed by atoms with Crippen LogP contribution in [0.25, 0.3) is 11.1 Å². The Bertz CT molecular complexity index is 522. The van der Waals surface area contributed by atoms with Gasteiger partial charge in [0.2, 0.25) is 0 Å². The molecule has 0 bridgehead atoms. The summed E-state index contributed by atoms with van der Waals surface area (Å²) in [5, 5.41) is 2.70. The Kier molecular flexibility index (Phi) is 3.96. The van der Waals surface area contributed by atoms with Gasteiger partial charge in [0.1, 0.15) is 5.54 Å². The highest BCUT2D eigenvalue weighted by Gasteiger charge is 2.34. The molecule has 1 N–H and O–H groups in total. The standard InChI is InChI=1S/C16H17F2N/c1-16(19-2,15(17)18)14-10-8-13(9-11-14)12-6-4-3-5-7-12/h3-11,15,19H,1-2H3. The monoisotopic (exact) mass is 261 g/mol. The highest BCUT2D eigenvalue weighted by molar-refractivity contribution is 5.63. The van der Waals surface area contributed by atoms with Crippen molar-refractivity contribution in [1.82, 2.24) is 5.32 Å². The van der Waals surface area contributed by atoms with E-state index in [-0.39, 0.29) is 0 Å². The van der Waals surface area contributed by atoms with E-state index in [0.717, 1.165) is 11.1 Å². The van der Waals surface area contributed by atoms with Gasteiger partial charge in [-0.3, -0.25) is 0 Å². The van der Waals surface area contributed by atoms with Crippen molar-refractivity contribution in [2.45, 2.75) is 18.9 Å². The first kappa shape index (κ1) is 13.7. The third-order valence-electron chi connectivity index (χ3n) is 3.55. The first-order valence-electron chi connectivity index (χ1n) is 6.21. The molecule has 0 amide bonds. The van der Waals surface area contributed by atoms with Gasteiger partial charge < -0.3 is 5.32 Å². The van der Waals surface area contributed by atoms with Crippen LogP contribution in [0.4, 0.5) is 8.78 Å². The molecule has 19 heavy (non-hydrogen) atoms. The summed E-state index contributed by atoms with van der Waals surface area (Å²) in [5.41, 5.74) is 1.38. The van der Waals surface area contributed by atoms with Crippen LogP contribution < -0.4 is 5.32 Å². The van der Waals surface area contributed by atoms with Crippen LogP contribution in [-0.2, 0) is 5.54 Å². The van der Waals surface area contributed by atoms with Crippen molar-refractivity contribution in [3.05, 3.63) is 60.2 Å². The lowest BCUT2D eigenvalue weighted by atomic mass is 9.91. The van der Waals surface area contributed by atoms with Crippen molar-refractivity contribution < 1.29 is 8.78 Å². The summed E-state index contributed by atoms with van der Waals surface area (Å²) in [5.74, 6) is 0. The Balaban J connectivity index is 2.33. The summed E-state index contributed by atoms with van der Waals surface area (Å²) < 4.78 is 26.3. The molecule has 2 aromatic carbocycles. The number of halogens is 2. The lowest BCUT2D eigenvalue weighted by Crippen LogP contribution is -2.43. The maximum atomic E-state index is 13.1. The zero-order valence-corrected chi connectivity index (χ0v) is 11.0. The summed E-state index contributed by atoms with van der Waals surface area (Å²) in [6.45, 7) is 1.51. The fraction of sp³-hybridized carbons (Fsp3) is 0.250. The first-order valence-corrected chi connectivity index (χ1v) is 6.21. The van der Waals surface area contributed by atoms with Crippen molar-refractivity contribution in [3.63, 3.8) is 0 Å². The van der Waals surface area contributed by atoms with Crippen molar-refractivity contribution in [1.29, 1.82) is 0 Å². The van der Waals surface area contributed by atoms with Gasteiger partial charge in [0.25, 0.3) is 6.43 Å². The number of hydrogen-bond acceptors (Lipinski definition) is 1. The molecule has 2 rings (SSSR count). The van der Waals surface area contributed by atoms with E-state index >= 15 is 0 Å². The molecule has 0 saturated carbocycles. The Morgan fingerprint density at radius 3 is 1.89 bits per heavy atom. The van der Waals surface area contributed by atoms with E-state index in [1.54, 1.807) is 19.2 Å². The smallest absolute Gasteiger partial charge is 0.260 e. The second-order valence-corrected chi connectivity index (χ2v) is 4.70. The third-order valence-corrected chi connectivity index (χ3v) is 3.55. The van der Waals surface area contributed by atoms with Crippen molar-refractivity contribution >= 4 is 0 Å². The van der Waals surface area contributed by atoms with Gasteiger partial charge in [0, 0.05) is 0 Å². The molecular weight excluding hydrogens is 244 g/mol. The van der Waals surface area contributed by atoms with Crippen LogP contribution in [0.5, 0.6) is 0 Å². The van der Waals surface area contributed by atoms with Crippen molar-refractivity contribution in [2.75, 3.05) is 7.05 Å². The molecule has 0 aromatic heterocycles. The predicted octanol–water partition coefficient (Wildman–Crippen LogP) is 4.05. The zero-order valence-electron chi connectivity index (χ0n) is 11.0. The second kappa shape index (κ2) is 5.49. The molecule has 0 aliphatic carbocycles. The minimum Gasteiger partial charge on any atom is -0.306 e. The SMILES string of the molecule is CNC(C)(c1ccc(-c2ccccc2)cc1)C(F)F. The van der Waals surface area contributed by atoms with Gasteiger partial charge in [-0.05, 0) is 30.7 Å². The summed E-state index contributed by atoms with van der Waals surface area (Å²) in [6, 6.07) is 17.1. The second-order valence-electron chi connectivity index (χ2n) is 4.70. The minimum atomic E-state index is -2.46. The first-order chi connectivity index (χ1) is 9.08. The lowest BCUT2D eigenvalue weighted by molar-refractivity contribution is 0.0432. The predicted molar refractivity (Wildman–Crippen MR) is 74.3 cm³/mol. The molecule has 2 aromatic rings. The molecule has 0 fully saturated rings. The fourth-order valence-electron chi connectivity index (χ4n) is 2.02. The van der Waals surface area contributed by atoms with Crippen LogP contribution in [0.1, 0.15) is 12.5 Å². The van der Waals surface area contributed by atoms with Gasteiger partial charge in [-0.15, -0.1) is 0 Å². The maximum Gasteiger partial charge on any atom is 0.260 e. The third kappa shape index (κ3) is 2.66. The molecule has 0 aliphatic heterocycles. The number of rotatable bonds is 4. The zero-order chi connectivity index (χ0) is 13.9. The Hall–Kier alpha value is -1.74. The molecule has 1 atom stereocenters. The van der Waals surface area contributed by atoms with Gasteiger partial charge in [-0.25, -0.2) is 8.78 Å². The van der Waals surface area contributed by atoms with Gasteiger partial charge in [0.05, 0.1) is 0 Å². The molecule has 0 saturated heterocycles. The molecular formula is C16H17F2N. The topological polar surface area (TPSA) is 12.0 Å². The van der Waals surface area contributed by atoms with E-state index < -0.39 is 12.0 Å². The fourth-order valence-corrected chi connectivity index (χ4v) is 2.02. The number of benzene rings is 2. The van der Waals surface area contributed by atoms with Crippen LogP contribution in [0.3, 0.4) is 0 Å². The molecule has 1 unspecified atom stereocenters. The lowest BCUT2D eigenvalue weighted by Gasteiger charge is -2.29. The molecule has 100 valence electrons. The molecule has 0 aliphatic rings. The molecule has 3 heteroatoms. The van der Waals surface area contributed by atoms with E-state index in [9.17, 15) is 8.78 Å². The van der Waals surface area contributed by atoms with Gasteiger partial charge in [-0.1, -0.05) is 54.6 Å². The van der Waals surface area contributed by atoms with Crippen LogP contribution in [0, 0.1) is 0 Å². The van der Waals surface area contributed by atoms with Crippen LogP contribution >= 0.6 is 0 Å². The number of hydrogen-bond donors (Lipinski definition) is 1. The van der Waals surface area contributed by atoms with Crippen LogP contribution in [0.2, 0.25) is 0 Å². The average molecular weight is 261 g/mol.